The average Bonchev–Trinajstić information content (AvgIpc) is 2.69. The van der Waals surface area contributed by atoms with Crippen molar-refractivity contribution in [2.45, 2.75) is 0 Å². The van der Waals surface area contributed by atoms with Crippen molar-refractivity contribution in [3.8, 4) is 11.5 Å². The molecule has 3 rings (SSSR count). The van der Waals surface area contributed by atoms with Gasteiger partial charge in [0.2, 0.25) is 0 Å². The fourth-order valence-corrected chi connectivity index (χ4v) is 1.74. The number of imidazole rings is 1. The molecule has 0 aliphatic heterocycles. The first-order valence-electron chi connectivity index (χ1n) is 5.00. The summed E-state index contributed by atoms with van der Waals surface area (Å²) in [6.45, 7) is 0. The van der Waals surface area contributed by atoms with Crippen LogP contribution in [0.4, 0.5) is 5.82 Å². The lowest BCUT2D eigenvalue weighted by Gasteiger charge is -1.98. The van der Waals surface area contributed by atoms with E-state index < -0.39 is 0 Å². The largest absolute Gasteiger partial charge is 0.382 e. The molecule has 0 amide bonds. The molecule has 0 aliphatic rings. The van der Waals surface area contributed by atoms with Gasteiger partial charge < -0.3 is 5.73 Å². The molecule has 0 fully saturated rings. The van der Waals surface area contributed by atoms with Crippen molar-refractivity contribution >= 4 is 11.3 Å². The van der Waals surface area contributed by atoms with Crippen LogP contribution in [-0.2, 0) is 0 Å². The summed E-state index contributed by atoms with van der Waals surface area (Å²) in [5, 5.41) is 0. The van der Waals surface area contributed by atoms with E-state index in [1.165, 1.54) is 0 Å². The number of hydrogen-bond donors (Lipinski definition) is 1. The highest BCUT2D eigenvalue weighted by Crippen LogP contribution is 2.21. The van der Waals surface area contributed by atoms with Gasteiger partial charge in [0.25, 0.3) is 0 Å². The van der Waals surface area contributed by atoms with E-state index in [4.69, 9.17) is 5.73 Å². The van der Waals surface area contributed by atoms with Crippen LogP contribution in [0.1, 0.15) is 0 Å². The molecular weight excluding hydrogens is 200 g/mol. The Bertz CT molecular complexity index is 628. The first-order chi connectivity index (χ1) is 7.86. The van der Waals surface area contributed by atoms with Crippen molar-refractivity contribution < 1.29 is 0 Å². The number of aromatic nitrogens is 3. The van der Waals surface area contributed by atoms with Gasteiger partial charge in [0, 0.05) is 12.4 Å². The van der Waals surface area contributed by atoms with Crippen LogP contribution in [0, 0.1) is 0 Å². The van der Waals surface area contributed by atoms with Gasteiger partial charge in [-0.15, -0.1) is 0 Å². The van der Waals surface area contributed by atoms with Gasteiger partial charge in [0.1, 0.15) is 11.5 Å². The van der Waals surface area contributed by atoms with Crippen LogP contribution in [0.25, 0.3) is 17.0 Å². The normalized spacial score (nSPS) is 10.8. The second-order valence-corrected chi connectivity index (χ2v) is 3.49. The Hall–Kier alpha value is -2.36. The minimum atomic E-state index is 0.529. The maximum atomic E-state index is 5.85. The fraction of sp³-hybridized carbons (Fsp3) is 0. The van der Waals surface area contributed by atoms with Gasteiger partial charge in [0.15, 0.2) is 5.82 Å². The van der Waals surface area contributed by atoms with E-state index in [2.05, 4.69) is 9.97 Å². The highest BCUT2D eigenvalue weighted by Gasteiger charge is 2.09. The molecule has 0 atom stereocenters. The van der Waals surface area contributed by atoms with Gasteiger partial charge in [-0.05, 0) is 24.3 Å². The first kappa shape index (κ1) is 8.91. The summed E-state index contributed by atoms with van der Waals surface area (Å²) in [6, 6.07) is 11.6. The Labute approximate surface area is 92.4 Å². The van der Waals surface area contributed by atoms with E-state index in [0.717, 1.165) is 17.0 Å². The number of hydrogen-bond acceptors (Lipinski definition) is 3. The summed E-state index contributed by atoms with van der Waals surface area (Å²) in [5.74, 6) is 1.30. The Morgan fingerprint density at radius 1 is 1.06 bits per heavy atom. The lowest BCUT2D eigenvalue weighted by atomic mass is 10.3. The molecule has 3 aromatic heterocycles. The minimum Gasteiger partial charge on any atom is -0.382 e. The molecule has 0 saturated carbocycles. The van der Waals surface area contributed by atoms with E-state index in [1.54, 1.807) is 6.20 Å². The molecule has 0 aliphatic carbocycles. The highest BCUT2D eigenvalue weighted by molar-refractivity contribution is 5.72. The molecule has 2 N–H and O–H groups in total. The zero-order valence-corrected chi connectivity index (χ0v) is 8.54. The molecule has 0 saturated heterocycles. The monoisotopic (exact) mass is 210 g/mol. The van der Waals surface area contributed by atoms with Crippen molar-refractivity contribution in [1.29, 1.82) is 0 Å². The third-order valence-corrected chi connectivity index (χ3v) is 2.47. The molecule has 0 radical (unpaired) electrons. The van der Waals surface area contributed by atoms with E-state index in [0.29, 0.717) is 5.82 Å². The number of anilines is 1. The summed E-state index contributed by atoms with van der Waals surface area (Å²) >= 11 is 0. The number of fused-ring (bicyclic) bond motifs is 1. The van der Waals surface area contributed by atoms with Crippen molar-refractivity contribution in [2.75, 3.05) is 5.73 Å². The van der Waals surface area contributed by atoms with E-state index >= 15 is 0 Å². The number of rotatable bonds is 1. The van der Waals surface area contributed by atoms with Gasteiger partial charge in [0.05, 0.1) is 5.52 Å². The van der Waals surface area contributed by atoms with Gasteiger partial charge in [-0.3, -0.25) is 9.38 Å². The molecule has 3 aromatic rings. The average molecular weight is 210 g/mol. The second-order valence-electron chi connectivity index (χ2n) is 3.49. The first-order valence-corrected chi connectivity index (χ1v) is 5.00. The molecule has 4 heteroatoms. The summed E-state index contributed by atoms with van der Waals surface area (Å²) in [7, 11) is 0. The highest BCUT2D eigenvalue weighted by atomic mass is 15.1. The van der Waals surface area contributed by atoms with Crippen LogP contribution < -0.4 is 5.73 Å². The van der Waals surface area contributed by atoms with E-state index in [1.807, 2.05) is 47.0 Å². The van der Waals surface area contributed by atoms with Crippen LogP contribution in [0.15, 0.2) is 48.8 Å². The Kier molecular flexibility index (Phi) is 1.86. The quantitative estimate of drug-likeness (QED) is 0.668. The van der Waals surface area contributed by atoms with Gasteiger partial charge in [-0.1, -0.05) is 12.1 Å². The van der Waals surface area contributed by atoms with Gasteiger partial charge in [-0.25, -0.2) is 4.98 Å². The smallest absolute Gasteiger partial charge is 0.165 e. The summed E-state index contributed by atoms with van der Waals surface area (Å²) in [4.78, 5) is 8.61. The zero-order valence-electron chi connectivity index (χ0n) is 8.54. The lowest BCUT2D eigenvalue weighted by molar-refractivity contribution is 1.13. The number of nitrogens with zero attached hydrogens (tertiary/aromatic N) is 3. The van der Waals surface area contributed by atoms with Crippen molar-refractivity contribution in [2.24, 2.45) is 0 Å². The number of pyridine rings is 2. The Balaban J connectivity index is 2.33. The maximum Gasteiger partial charge on any atom is 0.165 e. The molecule has 3 heterocycles. The predicted molar refractivity (Wildman–Crippen MR) is 62.8 cm³/mol. The minimum absolute atomic E-state index is 0.529. The zero-order chi connectivity index (χ0) is 11.0. The van der Waals surface area contributed by atoms with Gasteiger partial charge in [-0.2, -0.15) is 0 Å². The van der Waals surface area contributed by atoms with Crippen LogP contribution in [0.5, 0.6) is 0 Å². The SMILES string of the molecule is Nc1nc(-c2ccccn2)n2ccccc12. The number of nitrogens with two attached hydrogens (primary N) is 1. The molecule has 0 aromatic carbocycles. The standard InChI is InChI=1S/C12H10N4/c13-11-10-6-2-4-8-16(10)12(15-11)9-5-1-3-7-14-9/h1-8H,13H2. The molecular formula is C12H10N4. The van der Waals surface area contributed by atoms with Crippen LogP contribution in [-0.4, -0.2) is 14.4 Å². The van der Waals surface area contributed by atoms with E-state index in [-0.39, 0.29) is 0 Å². The molecule has 0 bridgehead atoms. The van der Waals surface area contributed by atoms with Crippen LogP contribution in [0.3, 0.4) is 0 Å². The van der Waals surface area contributed by atoms with Crippen LogP contribution >= 0.6 is 0 Å². The summed E-state index contributed by atoms with van der Waals surface area (Å²) in [6.07, 6.45) is 3.68. The second kappa shape index (κ2) is 3.34. The topological polar surface area (TPSA) is 56.2 Å². The lowest BCUT2D eigenvalue weighted by Crippen LogP contribution is -1.90. The molecule has 0 unspecified atom stereocenters. The molecule has 4 nitrogen and oxygen atoms in total. The number of nitrogen functional groups attached to an aromatic ring is 1. The fourth-order valence-electron chi connectivity index (χ4n) is 1.74. The Morgan fingerprint density at radius 2 is 1.94 bits per heavy atom. The van der Waals surface area contributed by atoms with Gasteiger partial charge >= 0.3 is 0 Å². The molecule has 78 valence electrons. The third kappa shape index (κ3) is 1.24. The maximum absolute atomic E-state index is 5.85. The summed E-state index contributed by atoms with van der Waals surface area (Å²) < 4.78 is 1.94. The van der Waals surface area contributed by atoms with E-state index in [9.17, 15) is 0 Å². The van der Waals surface area contributed by atoms with Crippen molar-refractivity contribution in [1.82, 2.24) is 14.4 Å². The third-order valence-electron chi connectivity index (χ3n) is 2.47. The predicted octanol–water partition coefficient (Wildman–Crippen LogP) is 1.98. The Morgan fingerprint density at radius 3 is 2.75 bits per heavy atom. The van der Waals surface area contributed by atoms with Crippen LogP contribution in [0.2, 0.25) is 0 Å². The summed E-state index contributed by atoms with van der Waals surface area (Å²) in [5.41, 5.74) is 7.58. The van der Waals surface area contributed by atoms with Crippen molar-refractivity contribution in [3.63, 3.8) is 0 Å². The van der Waals surface area contributed by atoms with Crippen molar-refractivity contribution in [3.05, 3.63) is 48.8 Å². The molecule has 0 spiro atoms. The molecule has 16 heavy (non-hydrogen) atoms.